The van der Waals surface area contributed by atoms with Gasteiger partial charge in [0.15, 0.2) is 5.82 Å². The summed E-state index contributed by atoms with van der Waals surface area (Å²) < 4.78 is 5.08. The predicted octanol–water partition coefficient (Wildman–Crippen LogP) is 3.98. The van der Waals surface area contributed by atoms with Crippen molar-refractivity contribution in [2.24, 2.45) is 5.92 Å². The second kappa shape index (κ2) is 7.56. The van der Waals surface area contributed by atoms with E-state index in [9.17, 15) is 0 Å². The first kappa shape index (κ1) is 16.6. The highest BCUT2D eigenvalue weighted by Gasteiger charge is 2.20. The molecule has 1 aliphatic rings. The van der Waals surface area contributed by atoms with Crippen LogP contribution >= 0.6 is 0 Å². The van der Waals surface area contributed by atoms with E-state index in [-0.39, 0.29) is 0 Å². The Morgan fingerprint density at radius 1 is 1.08 bits per heavy atom. The minimum Gasteiger partial charge on any atom is -0.360 e. The van der Waals surface area contributed by atoms with Gasteiger partial charge in [-0.3, -0.25) is 0 Å². The monoisotopic (exact) mass is 349 g/mol. The summed E-state index contributed by atoms with van der Waals surface area (Å²) in [5.74, 6) is 3.86. The quantitative estimate of drug-likeness (QED) is 0.752. The fourth-order valence-electron chi connectivity index (χ4n) is 3.46. The normalized spacial score (nSPS) is 15.2. The first-order valence-electron chi connectivity index (χ1n) is 9.07. The van der Waals surface area contributed by atoms with E-state index in [1.165, 1.54) is 18.4 Å². The minimum absolute atomic E-state index is 0.661. The van der Waals surface area contributed by atoms with Crippen LogP contribution in [0.2, 0.25) is 0 Å². The summed E-state index contributed by atoms with van der Waals surface area (Å²) in [4.78, 5) is 11.1. The largest absolute Gasteiger partial charge is 0.360 e. The van der Waals surface area contributed by atoms with Crippen LogP contribution in [0.5, 0.6) is 0 Å². The van der Waals surface area contributed by atoms with E-state index in [0.717, 1.165) is 42.8 Å². The van der Waals surface area contributed by atoms with Crippen molar-refractivity contribution in [2.45, 2.75) is 26.2 Å². The molecule has 0 saturated carbocycles. The summed E-state index contributed by atoms with van der Waals surface area (Å²) in [5, 5.41) is 7.11. The molecule has 134 valence electrons. The number of aromatic nitrogens is 3. The Morgan fingerprint density at radius 3 is 2.62 bits per heavy atom. The minimum atomic E-state index is 0.661. The number of nitrogens with zero attached hydrogens (tertiary/aromatic N) is 4. The molecule has 0 amide bonds. The lowest BCUT2D eigenvalue weighted by Gasteiger charge is -2.33. The molecule has 1 aliphatic heterocycles. The molecular formula is C20H23N5O. The molecular weight excluding hydrogens is 326 g/mol. The number of hydrogen-bond donors (Lipinski definition) is 1. The zero-order chi connectivity index (χ0) is 17.8. The van der Waals surface area contributed by atoms with Crippen molar-refractivity contribution < 1.29 is 4.52 Å². The summed E-state index contributed by atoms with van der Waals surface area (Å²) >= 11 is 0. The molecule has 0 atom stereocenters. The van der Waals surface area contributed by atoms with Crippen LogP contribution in [0.25, 0.3) is 0 Å². The van der Waals surface area contributed by atoms with Crippen molar-refractivity contribution in [3.05, 3.63) is 60.1 Å². The van der Waals surface area contributed by atoms with E-state index in [4.69, 9.17) is 4.52 Å². The Morgan fingerprint density at radius 2 is 1.88 bits per heavy atom. The first-order chi connectivity index (χ1) is 12.8. The zero-order valence-corrected chi connectivity index (χ0v) is 14.9. The van der Waals surface area contributed by atoms with Crippen LogP contribution in [0.1, 0.15) is 24.2 Å². The van der Waals surface area contributed by atoms with Crippen LogP contribution in [-0.4, -0.2) is 28.2 Å². The molecule has 3 heterocycles. The molecule has 0 unspecified atom stereocenters. The third-order valence-electron chi connectivity index (χ3n) is 4.84. The van der Waals surface area contributed by atoms with Gasteiger partial charge in [0.25, 0.3) is 0 Å². The summed E-state index contributed by atoms with van der Waals surface area (Å²) in [6, 6.07) is 14.6. The van der Waals surface area contributed by atoms with Crippen molar-refractivity contribution in [1.29, 1.82) is 0 Å². The maximum atomic E-state index is 5.08. The Balaban J connectivity index is 1.36. The summed E-state index contributed by atoms with van der Waals surface area (Å²) in [5.41, 5.74) is 1.43. The van der Waals surface area contributed by atoms with Crippen LogP contribution in [0.3, 0.4) is 0 Å². The number of rotatable bonds is 5. The summed E-state index contributed by atoms with van der Waals surface area (Å²) in [6.45, 7) is 3.91. The number of benzene rings is 1. The van der Waals surface area contributed by atoms with Gasteiger partial charge in [-0.1, -0.05) is 35.5 Å². The van der Waals surface area contributed by atoms with E-state index in [2.05, 4.69) is 55.7 Å². The van der Waals surface area contributed by atoms with Crippen molar-refractivity contribution >= 4 is 17.5 Å². The summed E-state index contributed by atoms with van der Waals surface area (Å²) in [6.07, 6.45) is 5.13. The molecule has 1 fully saturated rings. The predicted molar refractivity (Wildman–Crippen MR) is 102 cm³/mol. The maximum absolute atomic E-state index is 5.08. The van der Waals surface area contributed by atoms with Gasteiger partial charge in [0.1, 0.15) is 23.7 Å². The van der Waals surface area contributed by atoms with E-state index < -0.39 is 0 Å². The average molecular weight is 349 g/mol. The first-order valence-corrected chi connectivity index (χ1v) is 9.07. The molecule has 1 N–H and O–H groups in total. The van der Waals surface area contributed by atoms with Gasteiger partial charge in [-0.2, -0.15) is 0 Å². The van der Waals surface area contributed by atoms with Crippen molar-refractivity contribution in [3.63, 3.8) is 0 Å². The lowest BCUT2D eigenvalue weighted by molar-refractivity contribution is 0.400. The van der Waals surface area contributed by atoms with E-state index in [1.807, 2.05) is 19.1 Å². The lowest BCUT2D eigenvalue weighted by atomic mass is 9.90. The van der Waals surface area contributed by atoms with E-state index in [1.54, 1.807) is 6.33 Å². The molecule has 3 aromatic rings. The molecule has 26 heavy (non-hydrogen) atoms. The van der Waals surface area contributed by atoms with Crippen molar-refractivity contribution in [3.8, 4) is 0 Å². The maximum Gasteiger partial charge on any atom is 0.175 e. The standard InChI is InChI=1S/C20H23N5O/c1-15-11-19(24-26-15)23-18-13-20(22-14-21-18)25-9-7-17(8-10-25)12-16-5-3-2-4-6-16/h2-6,11,13-14,17H,7-10,12H2,1H3,(H,21,22,23,24). The average Bonchev–Trinajstić information content (AvgIpc) is 3.08. The van der Waals surface area contributed by atoms with Crippen LogP contribution in [0.4, 0.5) is 17.5 Å². The highest BCUT2D eigenvalue weighted by Crippen LogP contribution is 2.26. The molecule has 0 spiro atoms. The van der Waals surface area contributed by atoms with Crippen LogP contribution < -0.4 is 10.2 Å². The van der Waals surface area contributed by atoms with Crippen LogP contribution in [0.15, 0.2) is 53.3 Å². The van der Waals surface area contributed by atoms with Gasteiger partial charge in [0.2, 0.25) is 0 Å². The Labute approximate surface area is 153 Å². The molecule has 0 bridgehead atoms. The second-order valence-corrected chi connectivity index (χ2v) is 6.83. The third kappa shape index (κ3) is 4.02. The van der Waals surface area contributed by atoms with Crippen molar-refractivity contribution in [1.82, 2.24) is 15.1 Å². The van der Waals surface area contributed by atoms with Crippen LogP contribution in [-0.2, 0) is 6.42 Å². The highest BCUT2D eigenvalue weighted by molar-refractivity contribution is 5.56. The number of anilines is 3. The molecule has 4 rings (SSSR count). The SMILES string of the molecule is Cc1cc(Nc2cc(N3CCC(Cc4ccccc4)CC3)ncn2)no1. The van der Waals surface area contributed by atoms with Gasteiger partial charge >= 0.3 is 0 Å². The molecule has 6 nitrogen and oxygen atoms in total. The molecule has 2 aromatic heterocycles. The molecule has 1 saturated heterocycles. The van der Waals surface area contributed by atoms with Gasteiger partial charge in [-0.05, 0) is 37.7 Å². The molecule has 0 aliphatic carbocycles. The van der Waals surface area contributed by atoms with Gasteiger partial charge < -0.3 is 14.7 Å². The second-order valence-electron chi connectivity index (χ2n) is 6.83. The number of piperidine rings is 1. The van der Waals surface area contributed by atoms with E-state index in [0.29, 0.717) is 5.82 Å². The fourth-order valence-corrected chi connectivity index (χ4v) is 3.46. The van der Waals surface area contributed by atoms with Gasteiger partial charge in [-0.15, -0.1) is 0 Å². The third-order valence-corrected chi connectivity index (χ3v) is 4.84. The Bertz CT molecular complexity index is 840. The molecule has 0 radical (unpaired) electrons. The van der Waals surface area contributed by atoms with Crippen LogP contribution in [0, 0.1) is 12.8 Å². The summed E-state index contributed by atoms with van der Waals surface area (Å²) in [7, 11) is 0. The van der Waals surface area contributed by atoms with Crippen molar-refractivity contribution in [2.75, 3.05) is 23.3 Å². The topological polar surface area (TPSA) is 67.1 Å². The zero-order valence-electron chi connectivity index (χ0n) is 14.9. The number of hydrogen-bond acceptors (Lipinski definition) is 6. The molecule has 6 heteroatoms. The smallest absolute Gasteiger partial charge is 0.175 e. The number of aryl methyl sites for hydroxylation is 1. The lowest BCUT2D eigenvalue weighted by Crippen LogP contribution is -2.34. The van der Waals surface area contributed by atoms with Gasteiger partial charge in [0, 0.05) is 25.2 Å². The molecule has 1 aromatic carbocycles. The van der Waals surface area contributed by atoms with Gasteiger partial charge in [0.05, 0.1) is 0 Å². The number of nitrogens with one attached hydrogen (secondary N) is 1. The fraction of sp³-hybridized carbons (Fsp3) is 0.350. The van der Waals surface area contributed by atoms with Gasteiger partial charge in [-0.25, -0.2) is 9.97 Å². The Hall–Kier alpha value is -2.89. The Kier molecular flexibility index (Phi) is 4.82. The van der Waals surface area contributed by atoms with E-state index >= 15 is 0 Å². The highest BCUT2D eigenvalue weighted by atomic mass is 16.5.